The van der Waals surface area contributed by atoms with Crippen molar-refractivity contribution in [3.05, 3.63) is 28.0 Å². The molecule has 1 aromatic rings. The third kappa shape index (κ3) is 4.00. The molecule has 120 valence electrons. The number of alkyl halides is 6. The number of aliphatic hydroxyl groups is 1. The van der Waals surface area contributed by atoms with E-state index in [0.29, 0.717) is 12.1 Å². The summed E-state index contributed by atoms with van der Waals surface area (Å²) in [4.78, 5) is 0. The lowest BCUT2D eigenvalue weighted by molar-refractivity contribution is -0.307. The molecule has 1 rings (SSSR count). The molecule has 0 fully saturated rings. The second kappa shape index (κ2) is 5.99. The van der Waals surface area contributed by atoms with Gasteiger partial charge >= 0.3 is 12.4 Å². The SMILES string of the molecule is COc1cc(F)c(Br)cc1C(O)C(C(F)(F)F)C(F)(F)F. The summed E-state index contributed by atoms with van der Waals surface area (Å²) in [6.07, 6.45) is -14.5. The molecule has 1 unspecified atom stereocenters. The van der Waals surface area contributed by atoms with Crippen molar-refractivity contribution in [1.29, 1.82) is 0 Å². The maximum Gasteiger partial charge on any atom is 0.403 e. The van der Waals surface area contributed by atoms with Crippen molar-refractivity contribution >= 4 is 15.9 Å². The van der Waals surface area contributed by atoms with Gasteiger partial charge in [0.1, 0.15) is 17.7 Å². The first kappa shape index (κ1) is 18.0. The van der Waals surface area contributed by atoms with E-state index in [4.69, 9.17) is 0 Å². The largest absolute Gasteiger partial charge is 0.496 e. The Morgan fingerprint density at radius 2 is 1.57 bits per heavy atom. The summed E-state index contributed by atoms with van der Waals surface area (Å²) in [7, 11) is 0.926. The molecule has 1 aromatic carbocycles. The van der Waals surface area contributed by atoms with Crippen LogP contribution in [0.4, 0.5) is 30.7 Å². The van der Waals surface area contributed by atoms with Crippen LogP contribution in [0.5, 0.6) is 5.75 Å². The number of halogens is 8. The molecular weight excluding hydrogens is 377 g/mol. The number of ether oxygens (including phenoxy) is 1. The van der Waals surface area contributed by atoms with E-state index in [1.54, 1.807) is 0 Å². The predicted octanol–water partition coefficient (Wildman–Crippen LogP) is 4.37. The summed E-state index contributed by atoms with van der Waals surface area (Å²) in [5, 5.41) is 9.52. The van der Waals surface area contributed by atoms with E-state index in [0.717, 1.165) is 7.11 Å². The topological polar surface area (TPSA) is 29.5 Å². The van der Waals surface area contributed by atoms with Crippen LogP contribution in [-0.4, -0.2) is 24.6 Å². The van der Waals surface area contributed by atoms with Crippen LogP contribution in [-0.2, 0) is 0 Å². The highest BCUT2D eigenvalue weighted by atomic mass is 79.9. The minimum atomic E-state index is -5.73. The van der Waals surface area contributed by atoms with Crippen LogP contribution in [0.15, 0.2) is 16.6 Å². The van der Waals surface area contributed by atoms with Gasteiger partial charge < -0.3 is 9.84 Å². The van der Waals surface area contributed by atoms with E-state index in [1.807, 2.05) is 0 Å². The van der Waals surface area contributed by atoms with Gasteiger partial charge in [0.25, 0.3) is 0 Å². The highest BCUT2D eigenvalue weighted by Gasteiger charge is 2.60. The highest BCUT2D eigenvalue weighted by Crippen LogP contribution is 2.48. The summed E-state index contributed by atoms with van der Waals surface area (Å²) in [6, 6.07) is 1.19. The van der Waals surface area contributed by atoms with E-state index >= 15 is 0 Å². The van der Waals surface area contributed by atoms with Gasteiger partial charge in [-0.2, -0.15) is 26.3 Å². The molecule has 0 saturated heterocycles. The second-order valence-corrected chi connectivity index (χ2v) is 4.87. The fourth-order valence-corrected chi connectivity index (χ4v) is 2.04. The third-order valence-corrected chi connectivity index (χ3v) is 3.22. The molecule has 0 aliphatic carbocycles. The molecule has 1 atom stereocenters. The fourth-order valence-electron chi connectivity index (χ4n) is 1.68. The Kier molecular flexibility index (Phi) is 5.14. The van der Waals surface area contributed by atoms with Gasteiger partial charge in [0.05, 0.1) is 11.6 Å². The van der Waals surface area contributed by atoms with Crippen LogP contribution < -0.4 is 4.74 Å². The van der Waals surface area contributed by atoms with Crippen molar-refractivity contribution in [1.82, 2.24) is 0 Å². The molecular formula is C11H8BrF7O2. The first-order chi connectivity index (χ1) is 9.39. The second-order valence-electron chi connectivity index (χ2n) is 4.01. The smallest absolute Gasteiger partial charge is 0.403 e. The van der Waals surface area contributed by atoms with Gasteiger partial charge in [-0.3, -0.25) is 0 Å². The van der Waals surface area contributed by atoms with Crippen LogP contribution in [0, 0.1) is 11.7 Å². The summed E-state index contributed by atoms with van der Waals surface area (Å²) in [6.45, 7) is 0. The van der Waals surface area contributed by atoms with E-state index < -0.39 is 46.0 Å². The number of hydrogen-bond donors (Lipinski definition) is 1. The van der Waals surface area contributed by atoms with Crippen molar-refractivity contribution in [3.8, 4) is 5.75 Å². The molecule has 21 heavy (non-hydrogen) atoms. The minimum Gasteiger partial charge on any atom is -0.496 e. The maximum absolute atomic E-state index is 13.2. The third-order valence-electron chi connectivity index (χ3n) is 2.61. The van der Waals surface area contributed by atoms with E-state index in [-0.39, 0.29) is 0 Å². The molecule has 0 aliphatic rings. The number of rotatable bonds is 3. The van der Waals surface area contributed by atoms with Gasteiger partial charge in [-0.05, 0) is 22.0 Å². The van der Waals surface area contributed by atoms with Crippen molar-refractivity contribution in [2.45, 2.75) is 18.5 Å². The van der Waals surface area contributed by atoms with Crippen molar-refractivity contribution < 1.29 is 40.6 Å². The zero-order valence-corrected chi connectivity index (χ0v) is 11.8. The van der Waals surface area contributed by atoms with Gasteiger partial charge in [-0.1, -0.05) is 0 Å². The molecule has 0 radical (unpaired) electrons. The maximum atomic E-state index is 13.2. The summed E-state index contributed by atoms with van der Waals surface area (Å²) in [5.74, 6) is -5.60. The molecule has 0 saturated carbocycles. The Labute approximate surface area is 122 Å². The van der Waals surface area contributed by atoms with Gasteiger partial charge in [0.2, 0.25) is 0 Å². The van der Waals surface area contributed by atoms with E-state index in [9.17, 15) is 35.8 Å². The number of benzene rings is 1. The average Bonchev–Trinajstić information content (AvgIpc) is 2.28. The first-order valence-electron chi connectivity index (χ1n) is 5.24. The lowest BCUT2D eigenvalue weighted by Gasteiger charge is -2.28. The van der Waals surface area contributed by atoms with Crippen molar-refractivity contribution in [3.63, 3.8) is 0 Å². The average molecular weight is 385 g/mol. The molecule has 1 N–H and O–H groups in total. The predicted molar refractivity (Wildman–Crippen MR) is 61.2 cm³/mol. The molecule has 0 spiro atoms. The fraction of sp³-hybridized carbons (Fsp3) is 0.455. The Morgan fingerprint density at radius 1 is 1.10 bits per heavy atom. The van der Waals surface area contributed by atoms with Crippen LogP contribution in [0.25, 0.3) is 0 Å². The van der Waals surface area contributed by atoms with Gasteiger partial charge in [-0.15, -0.1) is 0 Å². The lowest BCUT2D eigenvalue weighted by atomic mass is 9.93. The molecule has 0 heterocycles. The Bertz CT molecular complexity index is 499. The molecule has 0 aromatic heterocycles. The minimum absolute atomic E-state index is 0.402. The molecule has 10 heteroatoms. The zero-order chi connectivity index (χ0) is 16.6. The van der Waals surface area contributed by atoms with E-state index in [1.165, 1.54) is 0 Å². The van der Waals surface area contributed by atoms with Gasteiger partial charge in [0.15, 0.2) is 5.92 Å². The molecule has 2 nitrogen and oxygen atoms in total. The number of aliphatic hydroxyl groups excluding tert-OH is 1. The Balaban J connectivity index is 3.40. The van der Waals surface area contributed by atoms with E-state index in [2.05, 4.69) is 20.7 Å². The normalized spacial score (nSPS) is 14.4. The lowest BCUT2D eigenvalue weighted by Crippen LogP contribution is -2.41. The molecule has 0 aliphatic heterocycles. The molecule has 0 amide bonds. The zero-order valence-electron chi connectivity index (χ0n) is 10.2. The summed E-state index contributed by atoms with van der Waals surface area (Å²) < 4.78 is 92.7. The summed E-state index contributed by atoms with van der Waals surface area (Å²) in [5.41, 5.74) is -0.828. The van der Waals surface area contributed by atoms with Crippen LogP contribution in [0.3, 0.4) is 0 Å². The monoisotopic (exact) mass is 384 g/mol. The Morgan fingerprint density at radius 3 is 1.95 bits per heavy atom. The van der Waals surface area contributed by atoms with Gasteiger partial charge in [-0.25, -0.2) is 4.39 Å². The molecule has 0 bridgehead atoms. The number of hydrogen-bond acceptors (Lipinski definition) is 2. The van der Waals surface area contributed by atoms with Crippen molar-refractivity contribution in [2.24, 2.45) is 5.92 Å². The standard InChI is InChI=1S/C11H8BrF7O2/c1-21-7-3-6(13)5(12)2-4(7)8(20)9(10(14,15)16)11(17,18)19/h2-3,8-9,20H,1H3. The Hall–Kier alpha value is -1.03. The summed E-state index contributed by atoms with van der Waals surface area (Å²) >= 11 is 2.62. The van der Waals surface area contributed by atoms with Crippen LogP contribution in [0.1, 0.15) is 11.7 Å². The van der Waals surface area contributed by atoms with Crippen LogP contribution >= 0.6 is 15.9 Å². The quantitative estimate of drug-likeness (QED) is 0.784. The first-order valence-corrected chi connectivity index (χ1v) is 6.03. The van der Waals surface area contributed by atoms with Gasteiger partial charge in [0, 0.05) is 11.6 Å². The number of methoxy groups -OCH3 is 1. The highest BCUT2D eigenvalue weighted by molar-refractivity contribution is 9.10. The van der Waals surface area contributed by atoms with Crippen LogP contribution in [0.2, 0.25) is 0 Å². The van der Waals surface area contributed by atoms with Crippen molar-refractivity contribution in [2.75, 3.05) is 7.11 Å².